The molecule has 0 bridgehead atoms. The molecule has 0 aliphatic rings. The fourth-order valence-electron chi connectivity index (χ4n) is 1.47. The number of carbonyl (C=O) groups is 2. The van der Waals surface area contributed by atoms with Crippen molar-refractivity contribution in [2.75, 3.05) is 0 Å². The molecule has 0 spiro atoms. The molecule has 0 amide bonds. The van der Waals surface area contributed by atoms with Crippen LogP contribution in [0.5, 0.6) is 0 Å². The average Bonchev–Trinajstić information content (AvgIpc) is 2.15. The first kappa shape index (κ1) is 18.6. The van der Waals surface area contributed by atoms with Crippen molar-refractivity contribution in [1.29, 1.82) is 0 Å². The maximum Gasteiger partial charge on any atom is 2.00 e. The van der Waals surface area contributed by atoms with Gasteiger partial charge in [-0.25, -0.2) is 0 Å². The molecule has 0 saturated carbocycles. The zero-order chi connectivity index (χ0) is 12.1. The Morgan fingerprint density at radius 1 is 1.19 bits per heavy atom. The van der Waals surface area contributed by atoms with Crippen molar-refractivity contribution in [1.82, 2.24) is 0 Å². The van der Waals surface area contributed by atoms with Crippen molar-refractivity contribution in [2.24, 2.45) is 11.3 Å². The van der Waals surface area contributed by atoms with E-state index in [0.717, 1.165) is 26.2 Å². The molecule has 1 unspecified atom stereocenters. The Bertz CT molecular complexity index is 226. The Kier molecular flexibility index (Phi) is 9.65. The summed E-state index contributed by atoms with van der Waals surface area (Å²) < 4.78 is 0. The zero-order valence-corrected chi connectivity index (χ0v) is 12.5. The van der Waals surface area contributed by atoms with Gasteiger partial charge in [-0.3, -0.25) is 0 Å². The molecule has 0 heterocycles. The van der Waals surface area contributed by atoms with Gasteiger partial charge in [0.1, 0.15) is 0 Å². The van der Waals surface area contributed by atoms with E-state index in [1.54, 1.807) is 6.92 Å². The number of carbonyl (C=O) groups excluding carboxylic acids is 2. The van der Waals surface area contributed by atoms with Crippen molar-refractivity contribution < 1.29 is 19.8 Å². The molecule has 0 fully saturated rings. The maximum atomic E-state index is 10.8. The van der Waals surface area contributed by atoms with Crippen LogP contribution >= 0.6 is 0 Å². The molecule has 0 aliphatic heterocycles. The van der Waals surface area contributed by atoms with Crippen LogP contribution in [-0.2, 0) is 9.59 Å². The third-order valence-electron chi connectivity index (χ3n) is 3.07. The number of unbranched alkanes of at least 4 members (excludes halogenated alkanes) is 2. The van der Waals surface area contributed by atoms with Crippen LogP contribution in [0.3, 0.4) is 0 Å². The number of carboxylic acids is 2. The minimum Gasteiger partial charge on any atom is -0.549 e. The molecule has 0 N–H and O–H groups in total. The number of carboxylic acid groups (broad SMARTS) is 2. The number of hydrogen-bond acceptors (Lipinski definition) is 4. The Balaban J connectivity index is 0. The van der Waals surface area contributed by atoms with Crippen LogP contribution in [0.15, 0.2) is 0 Å². The second-order valence-electron chi connectivity index (χ2n) is 4.17. The first-order valence-electron chi connectivity index (χ1n) is 5.30. The quantitative estimate of drug-likeness (QED) is 0.343. The van der Waals surface area contributed by atoms with E-state index in [1.165, 1.54) is 0 Å². The molecule has 0 aliphatic carbocycles. The van der Waals surface area contributed by atoms with Gasteiger partial charge in [-0.1, -0.05) is 33.1 Å². The topological polar surface area (TPSA) is 80.3 Å². The third-order valence-corrected chi connectivity index (χ3v) is 3.07. The number of hydrogen-bond donors (Lipinski definition) is 0. The Morgan fingerprint density at radius 2 is 1.62 bits per heavy atom. The van der Waals surface area contributed by atoms with Gasteiger partial charge in [-0.2, -0.15) is 0 Å². The summed E-state index contributed by atoms with van der Waals surface area (Å²) in [6.45, 7) is 4.80. The molecule has 0 saturated heterocycles. The first-order valence-corrected chi connectivity index (χ1v) is 5.30. The number of rotatable bonds is 7. The van der Waals surface area contributed by atoms with E-state index in [9.17, 15) is 19.8 Å². The summed E-state index contributed by atoms with van der Waals surface area (Å²) >= 11 is 0. The Morgan fingerprint density at radius 3 is 1.94 bits per heavy atom. The van der Waals surface area contributed by atoms with Crippen molar-refractivity contribution in [2.45, 2.75) is 46.5 Å². The summed E-state index contributed by atoms with van der Waals surface area (Å²) in [6.07, 6.45) is 3.38. The van der Waals surface area contributed by atoms with Crippen LogP contribution in [0.2, 0.25) is 0 Å². The smallest absolute Gasteiger partial charge is 0.549 e. The molecule has 0 aromatic carbocycles. The predicted octanol–water partition coefficient (Wildman–Crippen LogP) is -0.672. The van der Waals surface area contributed by atoms with E-state index in [4.69, 9.17) is 0 Å². The van der Waals surface area contributed by atoms with E-state index >= 15 is 0 Å². The summed E-state index contributed by atoms with van der Waals surface area (Å²) in [6, 6.07) is 0. The molecule has 0 rings (SSSR count). The van der Waals surface area contributed by atoms with Gasteiger partial charge in [0.05, 0.1) is 11.9 Å². The van der Waals surface area contributed by atoms with E-state index in [0.29, 0.717) is 6.42 Å². The summed E-state index contributed by atoms with van der Waals surface area (Å²) in [5.74, 6) is -3.60. The summed E-state index contributed by atoms with van der Waals surface area (Å²) in [4.78, 5) is 21.6. The Labute approximate surface area is 126 Å². The fraction of sp³-hybridized carbons (Fsp3) is 0.818. The van der Waals surface area contributed by atoms with Gasteiger partial charge in [-0.15, -0.1) is 0 Å². The van der Waals surface area contributed by atoms with Crippen LogP contribution in [0, 0.1) is 11.3 Å². The Hall–Kier alpha value is 0.200. The van der Waals surface area contributed by atoms with Gasteiger partial charge in [0.2, 0.25) is 0 Å². The average molecular weight is 254 g/mol. The van der Waals surface area contributed by atoms with Gasteiger partial charge in [0.25, 0.3) is 0 Å². The molecular weight excluding hydrogens is 236 g/mol. The van der Waals surface area contributed by atoms with Crippen LogP contribution in [0.25, 0.3) is 0 Å². The minimum atomic E-state index is -1.88. The van der Waals surface area contributed by atoms with Gasteiger partial charge < -0.3 is 19.8 Å². The molecular formula is C11H18CaO4. The van der Waals surface area contributed by atoms with Crippen LogP contribution < -0.4 is 10.2 Å². The van der Waals surface area contributed by atoms with Crippen molar-refractivity contribution in [3.63, 3.8) is 0 Å². The molecule has 88 valence electrons. The van der Waals surface area contributed by atoms with Gasteiger partial charge in [0, 0.05) is 5.41 Å². The fourth-order valence-corrected chi connectivity index (χ4v) is 1.47. The van der Waals surface area contributed by atoms with Gasteiger partial charge >= 0.3 is 37.7 Å². The minimum absolute atomic E-state index is 0. The first-order chi connectivity index (χ1) is 6.87. The van der Waals surface area contributed by atoms with E-state index in [2.05, 4.69) is 0 Å². The van der Waals surface area contributed by atoms with Gasteiger partial charge in [0.15, 0.2) is 0 Å². The molecule has 5 heteroatoms. The van der Waals surface area contributed by atoms with Crippen molar-refractivity contribution in [3.05, 3.63) is 0 Å². The van der Waals surface area contributed by atoms with E-state index in [1.807, 2.05) is 6.92 Å². The number of aliphatic carboxylic acids is 2. The summed E-state index contributed by atoms with van der Waals surface area (Å²) in [5.41, 5.74) is -1.88. The van der Waals surface area contributed by atoms with Crippen LogP contribution in [0.4, 0.5) is 0 Å². The summed E-state index contributed by atoms with van der Waals surface area (Å²) in [5, 5.41) is 21.6. The molecule has 0 aromatic rings. The maximum absolute atomic E-state index is 10.8. The largest absolute Gasteiger partial charge is 2.00 e. The predicted molar refractivity (Wildman–Crippen MR) is 57.2 cm³/mol. The van der Waals surface area contributed by atoms with E-state index in [-0.39, 0.29) is 37.7 Å². The van der Waals surface area contributed by atoms with Crippen LogP contribution in [0.1, 0.15) is 46.5 Å². The molecule has 16 heavy (non-hydrogen) atoms. The SMILES string of the molecule is CCCCCC(C)C(C)(C(=O)[O-])C(=O)[O-].[Ca+2]. The monoisotopic (exact) mass is 254 g/mol. The molecule has 0 aromatic heterocycles. The van der Waals surface area contributed by atoms with Crippen molar-refractivity contribution in [3.8, 4) is 0 Å². The summed E-state index contributed by atoms with van der Waals surface area (Å²) in [7, 11) is 0. The second kappa shape index (κ2) is 8.31. The zero-order valence-electron chi connectivity index (χ0n) is 10.2. The molecule has 4 nitrogen and oxygen atoms in total. The molecule has 0 radical (unpaired) electrons. The standard InChI is InChI=1S/C11H20O4.Ca/c1-4-5-6-7-8(2)11(3,9(12)13)10(14)15;/h8H,4-7H2,1-3H3,(H,12,13)(H,14,15);/q;+2/p-2. The molecule has 1 atom stereocenters. The third kappa shape index (κ3) is 4.60. The van der Waals surface area contributed by atoms with Crippen molar-refractivity contribution >= 4 is 49.7 Å². The van der Waals surface area contributed by atoms with E-state index < -0.39 is 23.3 Å². The normalized spacial score (nSPS) is 12.7. The second-order valence-corrected chi connectivity index (χ2v) is 4.17. The van der Waals surface area contributed by atoms with Crippen LogP contribution in [-0.4, -0.2) is 49.7 Å². The van der Waals surface area contributed by atoms with Gasteiger partial charge in [-0.05, 0) is 19.3 Å².